The molecule has 0 aliphatic carbocycles. The van der Waals surface area contributed by atoms with Gasteiger partial charge in [0.25, 0.3) is 0 Å². The van der Waals surface area contributed by atoms with Crippen LogP contribution in [0.1, 0.15) is 13.8 Å². The number of thioether (sulfide) groups is 1. The van der Waals surface area contributed by atoms with Crippen molar-refractivity contribution in [3.8, 4) is 0 Å². The highest BCUT2D eigenvalue weighted by molar-refractivity contribution is 7.99. The summed E-state index contributed by atoms with van der Waals surface area (Å²) in [4.78, 5) is 0.954. The summed E-state index contributed by atoms with van der Waals surface area (Å²) in [6.45, 7) is 4.72. The number of likely N-dealkylation sites (N-methyl/N-ethyl adjacent to an activating group) is 1. The van der Waals surface area contributed by atoms with Gasteiger partial charge in [0, 0.05) is 16.7 Å². The zero-order chi connectivity index (χ0) is 12.7. The van der Waals surface area contributed by atoms with Gasteiger partial charge >= 0.3 is 0 Å². The maximum atomic E-state index is 13.0. The van der Waals surface area contributed by atoms with Crippen molar-refractivity contribution in [2.24, 2.45) is 0 Å². The van der Waals surface area contributed by atoms with E-state index in [0.717, 1.165) is 10.6 Å². The van der Waals surface area contributed by atoms with E-state index in [-0.39, 0.29) is 18.0 Å². The van der Waals surface area contributed by atoms with Gasteiger partial charge in [-0.2, -0.15) is 0 Å². The lowest BCUT2D eigenvalue weighted by Crippen LogP contribution is -2.33. The molecule has 1 atom stereocenters. The molecule has 4 heteroatoms. The third kappa shape index (κ3) is 6.05. The molecule has 96 valence electrons. The molecular weight excluding hydrogens is 237 g/mol. The van der Waals surface area contributed by atoms with Gasteiger partial charge in [0.05, 0.1) is 12.7 Å². The van der Waals surface area contributed by atoms with Crippen LogP contribution in [-0.4, -0.2) is 31.6 Å². The van der Waals surface area contributed by atoms with Crippen molar-refractivity contribution in [2.75, 3.05) is 19.4 Å². The molecule has 0 fully saturated rings. The van der Waals surface area contributed by atoms with E-state index in [9.17, 15) is 4.39 Å². The highest BCUT2D eigenvalue weighted by Crippen LogP contribution is 2.19. The molecule has 0 saturated carbocycles. The fourth-order valence-corrected chi connectivity index (χ4v) is 2.30. The van der Waals surface area contributed by atoms with Crippen molar-refractivity contribution in [2.45, 2.75) is 30.9 Å². The van der Waals surface area contributed by atoms with Crippen molar-refractivity contribution in [1.29, 1.82) is 0 Å². The Labute approximate surface area is 107 Å². The molecule has 0 aliphatic rings. The van der Waals surface area contributed by atoms with E-state index >= 15 is 0 Å². The SMILES string of the molecule is CNC(COC(C)C)CSc1cccc(F)c1. The molecule has 0 bridgehead atoms. The largest absolute Gasteiger partial charge is 0.377 e. The van der Waals surface area contributed by atoms with Crippen molar-refractivity contribution < 1.29 is 9.13 Å². The number of halogens is 1. The van der Waals surface area contributed by atoms with Gasteiger partial charge in [0.1, 0.15) is 5.82 Å². The zero-order valence-electron chi connectivity index (χ0n) is 10.6. The average Bonchev–Trinajstić information content (AvgIpc) is 2.29. The molecule has 17 heavy (non-hydrogen) atoms. The first kappa shape index (κ1) is 14.5. The van der Waals surface area contributed by atoms with Crippen LogP contribution >= 0.6 is 11.8 Å². The molecule has 0 heterocycles. The summed E-state index contributed by atoms with van der Waals surface area (Å²) in [5.74, 6) is 0.682. The Kier molecular flexibility index (Phi) is 6.55. The molecule has 1 aromatic rings. The van der Waals surface area contributed by atoms with Gasteiger partial charge in [-0.3, -0.25) is 0 Å². The van der Waals surface area contributed by atoms with E-state index in [0.29, 0.717) is 6.61 Å². The van der Waals surface area contributed by atoms with E-state index in [1.165, 1.54) is 6.07 Å². The Morgan fingerprint density at radius 1 is 1.41 bits per heavy atom. The summed E-state index contributed by atoms with van der Waals surface area (Å²) >= 11 is 1.64. The van der Waals surface area contributed by atoms with Crippen LogP contribution in [0.4, 0.5) is 4.39 Å². The molecular formula is C13H20FNOS. The summed E-state index contributed by atoms with van der Waals surface area (Å²) in [6.07, 6.45) is 0.241. The van der Waals surface area contributed by atoms with Crippen LogP contribution in [0.15, 0.2) is 29.2 Å². The van der Waals surface area contributed by atoms with Gasteiger partial charge in [0.2, 0.25) is 0 Å². The highest BCUT2D eigenvalue weighted by atomic mass is 32.2. The maximum absolute atomic E-state index is 13.0. The van der Waals surface area contributed by atoms with Gasteiger partial charge < -0.3 is 10.1 Å². The van der Waals surface area contributed by atoms with Crippen LogP contribution in [0.25, 0.3) is 0 Å². The van der Waals surface area contributed by atoms with Gasteiger partial charge in [-0.1, -0.05) is 6.07 Å². The molecule has 0 saturated heterocycles. The third-order valence-electron chi connectivity index (χ3n) is 2.29. The fraction of sp³-hybridized carbons (Fsp3) is 0.538. The van der Waals surface area contributed by atoms with E-state index in [1.807, 2.05) is 27.0 Å². The molecule has 1 unspecified atom stereocenters. The average molecular weight is 257 g/mol. The topological polar surface area (TPSA) is 21.3 Å². The van der Waals surface area contributed by atoms with Crippen LogP contribution in [0.2, 0.25) is 0 Å². The Hall–Kier alpha value is -0.580. The second-order valence-electron chi connectivity index (χ2n) is 4.14. The second-order valence-corrected chi connectivity index (χ2v) is 5.23. The van der Waals surface area contributed by atoms with E-state index in [4.69, 9.17) is 4.74 Å². The number of benzene rings is 1. The Bertz CT molecular complexity index is 333. The maximum Gasteiger partial charge on any atom is 0.124 e. The molecule has 0 radical (unpaired) electrons. The van der Waals surface area contributed by atoms with E-state index < -0.39 is 0 Å². The van der Waals surface area contributed by atoms with Gasteiger partial charge in [-0.15, -0.1) is 11.8 Å². The Balaban J connectivity index is 2.37. The summed E-state index contributed by atoms with van der Waals surface area (Å²) < 4.78 is 18.5. The van der Waals surface area contributed by atoms with Crippen LogP contribution in [0.5, 0.6) is 0 Å². The van der Waals surface area contributed by atoms with Gasteiger partial charge in [0.15, 0.2) is 0 Å². The molecule has 0 spiro atoms. The van der Waals surface area contributed by atoms with Crippen LogP contribution < -0.4 is 5.32 Å². The molecule has 1 aromatic carbocycles. The molecule has 1 rings (SSSR count). The minimum atomic E-state index is -0.186. The zero-order valence-corrected chi connectivity index (χ0v) is 11.4. The van der Waals surface area contributed by atoms with Gasteiger partial charge in [-0.25, -0.2) is 4.39 Å². The van der Waals surface area contributed by atoms with Crippen molar-refractivity contribution in [3.05, 3.63) is 30.1 Å². The van der Waals surface area contributed by atoms with E-state index in [1.54, 1.807) is 23.9 Å². The number of ether oxygens (including phenoxy) is 1. The molecule has 0 aromatic heterocycles. The summed E-state index contributed by atoms with van der Waals surface area (Å²) in [6, 6.07) is 6.95. The first-order valence-corrected chi connectivity index (χ1v) is 6.77. The summed E-state index contributed by atoms with van der Waals surface area (Å²) in [7, 11) is 1.92. The van der Waals surface area contributed by atoms with Crippen LogP contribution in [-0.2, 0) is 4.74 Å². The number of rotatable bonds is 7. The van der Waals surface area contributed by atoms with Gasteiger partial charge in [-0.05, 0) is 39.1 Å². The predicted octanol–water partition coefficient (Wildman–Crippen LogP) is 2.93. The normalized spacial score (nSPS) is 13.0. The second kappa shape index (κ2) is 7.69. The quantitative estimate of drug-likeness (QED) is 0.759. The Morgan fingerprint density at radius 2 is 2.18 bits per heavy atom. The summed E-state index contributed by atoms with van der Waals surface area (Å²) in [5, 5.41) is 3.20. The number of hydrogen-bond donors (Lipinski definition) is 1. The molecule has 0 aliphatic heterocycles. The third-order valence-corrected chi connectivity index (χ3v) is 3.44. The molecule has 0 amide bonds. The van der Waals surface area contributed by atoms with Crippen molar-refractivity contribution in [1.82, 2.24) is 5.32 Å². The van der Waals surface area contributed by atoms with Crippen LogP contribution in [0, 0.1) is 5.82 Å². The first-order valence-electron chi connectivity index (χ1n) is 5.79. The predicted molar refractivity (Wildman–Crippen MR) is 71.1 cm³/mol. The smallest absolute Gasteiger partial charge is 0.124 e. The lowest BCUT2D eigenvalue weighted by atomic mass is 10.3. The fourth-order valence-electron chi connectivity index (χ4n) is 1.28. The standard InChI is InChI=1S/C13H20FNOS/c1-10(2)16-8-12(15-3)9-17-13-6-4-5-11(14)7-13/h4-7,10,12,15H,8-9H2,1-3H3. The van der Waals surface area contributed by atoms with Crippen molar-refractivity contribution >= 4 is 11.8 Å². The first-order chi connectivity index (χ1) is 8.11. The van der Waals surface area contributed by atoms with Crippen LogP contribution in [0.3, 0.4) is 0 Å². The highest BCUT2D eigenvalue weighted by Gasteiger charge is 2.08. The van der Waals surface area contributed by atoms with Crippen molar-refractivity contribution in [3.63, 3.8) is 0 Å². The Morgan fingerprint density at radius 3 is 2.76 bits per heavy atom. The lowest BCUT2D eigenvalue weighted by Gasteiger charge is -2.17. The lowest BCUT2D eigenvalue weighted by molar-refractivity contribution is 0.0668. The minimum absolute atomic E-state index is 0.186. The minimum Gasteiger partial charge on any atom is -0.377 e. The number of hydrogen-bond acceptors (Lipinski definition) is 3. The molecule has 2 nitrogen and oxygen atoms in total. The number of nitrogens with one attached hydrogen (secondary N) is 1. The molecule has 1 N–H and O–H groups in total. The monoisotopic (exact) mass is 257 g/mol. The summed E-state index contributed by atoms with van der Waals surface area (Å²) in [5.41, 5.74) is 0. The van der Waals surface area contributed by atoms with E-state index in [2.05, 4.69) is 5.32 Å².